The van der Waals surface area contributed by atoms with Crippen molar-refractivity contribution in [1.82, 2.24) is 4.98 Å². The maximum Gasteiger partial charge on any atom is 0.0962 e. The molecular formula is C29H37NO. The van der Waals surface area contributed by atoms with E-state index in [4.69, 9.17) is 4.74 Å². The summed E-state index contributed by atoms with van der Waals surface area (Å²) in [5.41, 5.74) is 7.12. The molecule has 0 bridgehead atoms. The van der Waals surface area contributed by atoms with Crippen LogP contribution in [0.15, 0.2) is 53.6 Å². The highest BCUT2D eigenvalue weighted by Crippen LogP contribution is 2.68. The average Bonchev–Trinajstić information content (AvgIpc) is 3.55. The molecule has 5 atom stereocenters. The molecule has 0 amide bonds. The first kappa shape index (κ1) is 19.8. The summed E-state index contributed by atoms with van der Waals surface area (Å²) in [5, 5.41) is 0. The molecule has 0 N–H and O–H groups in total. The number of fused-ring (bicyclic) bond motifs is 5. The van der Waals surface area contributed by atoms with Crippen molar-refractivity contribution < 1.29 is 4.74 Å². The molecule has 2 fully saturated rings. The predicted molar refractivity (Wildman–Crippen MR) is 126 cm³/mol. The van der Waals surface area contributed by atoms with Gasteiger partial charge in [0.15, 0.2) is 0 Å². The van der Waals surface area contributed by atoms with Gasteiger partial charge in [-0.15, -0.1) is 0 Å². The molecule has 0 aromatic carbocycles. The zero-order chi connectivity index (χ0) is 21.2. The van der Waals surface area contributed by atoms with Gasteiger partial charge in [0.05, 0.1) is 12.4 Å². The van der Waals surface area contributed by atoms with Gasteiger partial charge in [-0.3, -0.25) is 4.98 Å². The summed E-state index contributed by atoms with van der Waals surface area (Å²) < 4.78 is 6.02. The molecule has 2 nitrogen and oxygen atoms in total. The van der Waals surface area contributed by atoms with Crippen LogP contribution in [-0.4, -0.2) is 11.6 Å². The number of nitrogens with zero attached hydrogens (tertiary/aromatic N) is 1. The number of pyridine rings is 1. The minimum Gasteiger partial charge on any atom is -0.498 e. The van der Waals surface area contributed by atoms with Gasteiger partial charge >= 0.3 is 0 Å². The van der Waals surface area contributed by atoms with Crippen LogP contribution >= 0.6 is 0 Å². The summed E-state index contributed by atoms with van der Waals surface area (Å²) in [6.45, 7) is 8.11. The Morgan fingerprint density at radius 3 is 2.71 bits per heavy atom. The Morgan fingerprint density at radius 1 is 1.10 bits per heavy atom. The summed E-state index contributed by atoms with van der Waals surface area (Å²) in [6.07, 6.45) is 19.6. The molecule has 0 spiro atoms. The number of allylic oxidation sites excluding steroid dienone is 6. The number of aromatic nitrogens is 1. The number of rotatable bonds is 4. The van der Waals surface area contributed by atoms with Gasteiger partial charge in [0.2, 0.25) is 0 Å². The van der Waals surface area contributed by atoms with Crippen LogP contribution < -0.4 is 0 Å². The van der Waals surface area contributed by atoms with Gasteiger partial charge in [0.1, 0.15) is 0 Å². The van der Waals surface area contributed by atoms with Crippen molar-refractivity contribution >= 4 is 5.57 Å². The Balaban J connectivity index is 1.38. The van der Waals surface area contributed by atoms with E-state index < -0.39 is 0 Å². The minimum absolute atomic E-state index is 0.313. The molecule has 0 radical (unpaired) electrons. The van der Waals surface area contributed by atoms with E-state index >= 15 is 0 Å². The van der Waals surface area contributed by atoms with Crippen molar-refractivity contribution in [3.05, 3.63) is 59.1 Å². The van der Waals surface area contributed by atoms with Crippen LogP contribution in [0.5, 0.6) is 0 Å². The van der Waals surface area contributed by atoms with E-state index in [0.717, 1.165) is 36.7 Å². The van der Waals surface area contributed by atoms with Gasteiger partial charge in [0.25, 0.3) is 0 Å². The Morgan fingerprint density at radius 2 is 1.97 bits per heavy atom. The topological polar surface area (TPSA) is 22.1 Å². The summed E-state index contributed by atoms with van der Waals surface area (Å²) in [5.74, 6) is 4.53. The molecule has 5 aliphatic carbocycles. The predicted octanol–water partition coefficient (Wildman–Crippen LogP) is 7.35. The highest BCUT2D eigenvalue weighted by Gasteiger charge is 2.58. The first-order valence-corrected chi connectivity index (χ1v) is 12.7. The monoisotopic (exact) mass is 415 g/mol. The van der Waals surface area contributed by atoms with Gasteiger partial charge in [-0.2, -0.15) is 0 Å². The van der Waals surface area contributed by atoms with Crippen LogP contribution in [0.25, 0.3) is 5.57 Å². The summed E-state index contributed by atoms with van der Waals surface area (Å²) in [7, 11) is 0. The van der Waals surface area contributed by atoms with Crippen LogP contribution in [0, 0.1) is 34.5 Å². The largest absolute Gasteiger partial charge is 0.498 e. The van der Waals surface area contributed by atoms with E-state index in [1.807, 2.05) is 11.8 Å². The van der Waals surface area contributed by atoms with E-state index in [9.17, 15) is 0 Å². The lowest BCUT2D eigenvalue weighted by Gasteiger charge is -2.58. The first-order valence-electron chi connectivity index (χ1n) is 12.7. The highest BCUT2D eigenvalue weighted by atomic mass is 16.5. The molecule has 2 saturated carbocycles. The van der Waals surface area contributed by atoms with Crippen molar-refractivity contribution in [2.75, 3.05) is 6.61 Å². The fourth-order valence-corrected chi connectivity index (χ4v) is 8.14. The molecule has 0 unspecified atom stereocenters. The summed E-state index contributed by atoms with van der Waals surface area (Å²) in [4.78, 5) is 4.44. The van der Waals surface area contributed by atoms with Crippen molar-refractivity contribution in [2.24, 2.45) is 34.5 Å². The van der Waals surface area contributed by atoms with Crippen LogP contribution in [0.2, 0.25) is 0 Å². The van der Waals surface area contributed by atoms with Gasteiger partial charge in [-0.1, -0.05) is 31.6 Å². The number of hydrogen-bond donors (Lipinski definition) is 0. The van der Waals surface area contributed by atoms with Gasteiger partial charge in [-0.25, -0.2) is 0 Å². The van der Waals surface area contributed by atoms with Gasteiger partial charge < -0.3 is 4.74 Å². The van der Waals surface area contributed by atoms with E-state index in [1.165, 1.54) is 56.3 Å². The molecule has 31 heavy (non-hydrogen) atoms. The van der Waals surface area contributed by atoms with Gasteiger partial charge in [0, 0.05) is 18.8 Å². The average molecular weight is 416 g/mol. The van der Waals surface area contributed by atoms with E-state index in [-0.39, 0.29) is 0 Å². The van der Waals surface area contributed by atoms with Crippen LogP contribution in [-0.2, 0) is 4.74 Å². The lowest BCUT2D eigenvalue weighted by Crippen LogP contribution is -2.49. The van der Waals surface area contributed by atoms with Crippen molar-refractivity contribution in [2.45, 2.75) is 72.1 Å². The Kier molecular flexibility index (Phi) is 4.53. The first-order chi connectivity index (χ1) is 15.0. The molecule has 164 valence electrons. The molecule has 1 aromatic rings. The third kappa shape index (κ3) is 2.93. The Bertz CT molecular complexity index is 968. The fraction of sp³-hybridized carbons (Fsp3) is 0.621. The fourth-order valence-electron chi connectivity index (χ4n) is 8.14. The second-order valence-corrected chi connectivity index (χ2v) is 11.3. The Labute approximate surface area is 187 Å². The van der Waals surface area contributed by atoms with Gasteiger partial charge in [-0.05, 0) is 115 Å². The van der Waals surface area contributed by atoms with E-state index in [0.29, 0.717) is 10.8 Å². The van der Waals surface area contributed by atoms with Crippen molar-refractivity contribution in [3.8, 4) is 0 Å². The zero-order valence-electron chi connectivity index (χ0n) is 19.5. The Hall–Kier alpha value is -1.83. The molecular weight excluding hydrogens is 378 g/mol. The normalized spacial score (nSPS) is 39.3. The lowest BCUT2D eigenvalue weighted by atomic mass is 9.46. The number of ether oxygens (including phenoxy) is 1. The third-order valence-electron chi connectivity index (χ3n) is 9.82. The van der Waals surface area contributed by atoms with E-state index in [2.05, 4.69) is 56.2 Å². The maximum absolute atomic E-state index is 6.02. The van der Waals surface area contributed by atoms with Crippen LogP contribution in [0.1, 0.15) is 77.7 Å². The SMILES string of the molecule is CCOC1=CC2=C(C3CC3)C[C@@H]3[C@H](CC[C@]4(C)C(c5cccnc5)=CC[C@@H]34)[C@@]2(C)CC1. The third-order valence-corrected chi connectivity index (χ3v) is 9.82. The summed E-state index contributed by atoms with van der Waals surface area (Å²) >= 11 is 0. The van der Waals surface area contributed by atoms with Crippen molar-refractivity contribution in [1.29, 1.82) is 0 Å². The quantitative estimate of drug-likeness (QED) is 0.513. The zero-order valence-corrected chi connectivity index (χ0v) is 19.5. The molecule has 0 saturated heterocycles. The van der Waals surface area contributed by atoms with Crippen molar-refractivity contribution in [3.63, 3.8) is 0 Å². The highest BCUT2D eigenvalue weighted by molar-refractivity contribution is 5.72. The van der Waals surface area contributed by atoms with Crippen LogP contribution in [0.4, 0.5) is 0 Å². The van der Waals surface area contributed by atoms with E-state index in [1.54, 1.807) is 11.1 Å². The number of hydrogen-bond acceptors (Lipinski definition) is 2. The van der Waals surface area contributed by atoms with Crippen LogP contribution in [0.3, 0.4) is 0 Å². The maximum atomic E-state index is 6.02. The smallest absolute Gasteiger partial charge is 0.0962 e. The lowest BCUT2D eigenvalue weighted by molar-refractivity contribution is -0.00906. The second kappa shape index (κ2) is 7.09. The molecule has 5 aliphatic rings. The molecule has 1 aromatic heterocycles. The molecule has 6 rings (SSSR count). The second-order valence-electron chi connectivity index (χ2n) is 11.3. The minimum atomic E-state index is 0.313. The molecule has 0 aliphatic heterocycles. The standard InChI is InChI=1S/C29H37NO/c1-4-31-21-11-13-29(3)26-12-14-28(2)24(20-6-5-15-30-18-20)9-10-25(28)23(26)17-22(19-7-8-19)27(29)16-21/h5-6,9,15-16,18-19,23,25-26H,4,7-8,10-14,17H2,1-3H3/t23-,25-,26-,28+,29+/m0/s1. The summed E-state index contributed by atoms with van der Waals surface area (Å²) in [6, 6.07) is 4.38. The molecule has 2 heteroatoms. The molecule has 1 heterocycles.